The van der Waals surface area contributed by atoms with E-state index >= 15 is 0 Å². The maximum absolute atomic E-state index is 12.3. The lowest BCUT2D eigenvalue weighted by Gasteiger charge is -2.36. The standard InChI is InChI=1S/C18H27N5O3.2ClH/c19-13-16(24)21-14-17(25)20-8-4-7-18(26)23-11-9-22(10-12-23)15-5-2-1-3-6-15;;/h1-3,5-6H,4,7-14,19H2,(H,20,25)(H,21,24);2*1H. The van der Waals surface area contributed by atoms with Gasteiger partial charge in [0.1, 0.15) is 0 Å². The van der Waals surface area contributed by atoms with Gasteiger partial charge in [0.25, 0.3) is 0 Å². The number of piperazine rings is 1. The number of nitrogens with one attached hydrogen (secondary N) is 2. The summed E-state index contributed by atoms with van der Waals surface area (Å²) in [5.41, 5.74) is 6.32. The van der Waals surface area contributed by atoms with Crippen molar-refractivity contribution in [2.45, 2.75) is 12.8 Å². The number of nitrogens with two attached hydrogens (primary N) is 1. The Hall–Kier alpha value is -2.03. The number of carbonyl (C=O) groups is 3. The molecule has 28 heavy (non-hydrogen) atoms. The minimum Gasteiger partial charge on any atom is -0.368 e. The fraction of sp³-hybridized carbons (Fsp3) is 0.500. The van der Waals surface area contributed by atoms with Crippen molar-refractivity contribution >= 4 is 48.2 Å². The number of hydrogen-bond donors (Lipinski definition) is 3. The molecule has 0 aromatic heterocycles. The molecule has 1 aliphatic heterocycles. The number of nitrogens with zero attached hydrogens (tertiary/aromatic N) is 2. The summed E-state index contributed by atoms with van der Waals surface area (Å²) in [7, 11) is 0. The molecule has 2 rings (SSSR count). The number of carbonyl (C=O) groups excluding carboxylic acids is 3. The molecule has 1 fully saturated rings. The highest BCUT2D eigenvalue weighted by atomic mass is 35.5. The molecule has 4 N–H and O–H groups in total. The lowest BCUT2D eigenvalue weighted by Crippen LogP contribution is -2.48. The maximum Gasteiger partial charge on any atom is 0.239 e. The van der Waals surface area contributed by atoms with E-state index in [-0.39, 0.29) is 55.6 Å². The quantitative estimate of drug-likeness (QED) is 0.505. The zero-order valence-electron chi connectivity index (χ0n) is 15.8. The molecule has 0 spiro atoms. The fourth-order valence-corrected chi connectivity index (χ4v) is 2.79. The van der Waals surface area contributed by atoms with Crippen LogP contribution in [0.5, 0.6) is 0 Å². The highest BCUT2D eigenvalue weighted by molar-refractivity contribution is 5.86. The Balaban J connectivity index is 0.00000364. The van der Waals surface area contributed by atoms with E-state index in [4.69, 9.17) is 5.73 Å². The van der Waals surface area contributed by atoms with Crippen LogP contribution in [-0.2, 0) is 14.4 Å². The Morgan fingerprint density at radius 3 is 2.18 bits per heavy atom. The number of hydrogen-bond acceptors (Lipinski definition) is 5. The summed E-state index contributed by atoms with van der Waals surface area (Å²) in [4.78, 5) is 38.9. The van der Waals surface area contributed by atoms with Crippen molar-refractivity contribution < 1.29 is 14.4 Å². The van der Waals surface area contributed by atoms with Gasteiger partial charge in [-0.05, 0) is 18.6 Å². The van der Waals surface area contributed by atoms with Crippen LogP contribution in [0, 0.1) is 0 Å². The van der Waals surface area contributed by atoms with Crippen molar-refractivity contribution in [1.29, 1.82) is 0 Å². The van der Waals surface area contributed by atoms with Gasteiger partial charge in [-0.25, -0.2) is 0 Å². The van der Waals surface area contributed by atoms with Crippen molar-refractivity contribution in [2.24, 2.45) is 5.73 Å². The van der Waals surface area contributed by atoms with Crippen molar-refractivity contribution in [3.8, 4) is 0 Å². The number of halogens is 2. The number of benzene rings is 1. The zero-order chi connectivity index (χ0) is 18.8. The van der Waals surface area contributed by atoms with Gasteiger partial charge in [-0.2, -0.15) is 0 Å². The van der Waals surface area contributed by atoms with E-state index in [2.05, 4.69) is 27.7 Å². The number of amides is 3. The lowest BCUT2D eigenvalue weighted by molar-refractivity contribution is -0.131. The minimum atomic E-state index is -0.370. The first kappa shape index (κ1) is 26.0. The number of rotatable bonds is 8. The normalized spacial score (nSPS) is 13.0. The second-order valence-corrected chi connectivity index (χ2v) is 6.14. The third kappa shape index (κ3) is 8.77. The molecule has 0 unspecified atom stereocenters. The van der Waals surface area contributed by atoms with Gasteiger partial charge in [0, 0.05) is 44.8 Å². The van der Waals surface area contributed by atoms with Crippen molar-refractivity contribution in [1.82, 2.24) is 15.5 Å². The third-order valence-corrected chi connectivity index (χ3v) is 4.27. The van der Waals surface area contributed by atoms with Crippen molar-refractivity contribution in [2.75, 3.05) is 50.7 Å². The van der Waals surface area contributed by atoms with E-state index < -0.39 is 0 Å². The Labute approximate surface area is 178 Å². The van der Waals surface area contributed by atoms with Gasteiger partial charge in [0.15, 0.2) is 0 Å². The summed E-state index contributed by atoms with van der Waals surface area (Å²) in [6.07, 6.45) is 0.981. The molecule has 0 saturated carbocycles. The van der Waals surface area contributed by atoms with Crippen LogP contribution < -0.4 is 21.3 Å². The van der Waals surface area contributed by atoms with Gasteiger partial charge in [-0.3, -0.25) is 14.4 Å². The van der Waals surface area contributed by atoms with Crippen LogP contribution >= 0.6 is 24.8 Å². The van der Waals surface area contributed by atoms with Crippen LogP contribution in [0.15, 0.2) is 30.3 Å². The highest BCUT2D eigenvalue weighted by Crippen LogP contribution is 2.15. The van der Waals surface area contributed by atoms with Gasteiger partial charge >= 0.3 is 0 Å². The van der Waals surface area contributed by atoms with Crippen LogP contribution in [0.2, 0.25) is 0 Å². The van der Waals surface area contributed by atoms with Gasteiger partial charge in [-0.15, -0.1) is 24.8 Å². The van der Waals surface area contributed by atoms with E-state index in [1.165, 1.54) is 5.69 Å². The van der Waals surface area contributed by atoms with Crippen LogP contribution in [0.3, 0.4) is 0 Å². The molecule has 1 aromatic carbocycles. The predicted octanol–water partition coefficient (Wildman–Crippen LogP) is 0.150. The highest BCUT2D eigenvalue weighted by Gasteiger charge is 2.20. The maximum atomic E-state index is 12.3. The van der Waals surface area contributed by atoms with Crippen LogP contribution in [0.4, 0.5) is 5.69 Å². The minimum absolute atomic E-state index is 0. The smallest absolute Gasteiger partial charge is 0.239 e. The monoisotopic (exact) mass is 433 g/mol. The topological polar surface area (TPSA) is 108 Å². The molecule has 158 valence electrons. The van der Waals surface area contributed by atoms with E-state index in [1.807, 2.05) is 23.1 Å². The first-order valence-electron chi connectivity index (χ1n) is 8.91. The van der Waals surface area contributed by atoms with Crippen molar-refractivity contribution in [3.05, 3.63) is 30.3 Å². The molecule has 1 saturated heterocycles. The molecule has 0 aliphatic carbocycles. The number of para-hydroxylation sites is 1. The SMILES string of the molecule is Cl.Cl.NCC(=O)NCC(=O)NCCCC(=O)N1CCN(c2ccccc2)CC1. The molecule has 8 nitrogen and oxygen atoms in total. The average molecular weight is 434 g/mol. The van der Waals surface area contributed by atoms with E-state index in [0.29, 0.717) is 32.5 Å². The second-order valence-electron chi connectivity index (χ2n) is 6.14. The molecule has 10 heteroatoms. The molecule has 3 amide bonds. The summed E-state index contributed by atoms with van der Waals surface area (Å²) >= 11 is 0. The summed E-state index contributed by atoms with van der Waals surface area (Å²) in [6, 6.07) is 10.2. The molecule has 1 aliphatic rings. The van der Waals surface area contributed by atoms with Gasteiger partial charge in [0.05, 0.1) is 13.1 Å². The predicted molar refractivity (Wildman–Crippen MR) is 114 cm³/mol. The number of anilines is 1. The van der Waals surface area contributed by atoms with Crippen LogP contribution in [0.1, 0.15) is 12.8 Å². The zero-order valence-corrected chi connectivity index (χ0v) is 17.4. The van der Waals surface area contributed by atoms with E-state index in [9.17, 15) is 14.4 Å². The summed E-state index contributed by atoms with van der Waals surface area (Å²) < 4.78 is 0. The fourth-order valence-electron chi connectivity index (χ4n) is 2.79. The van der Waals surface area contributed by atoms with E-state index in [1.54, 1.807) is 0 Å². The third-order valence-electron chi connectivity index (χ3n) is 4.27. The van der Waals surface area contributed by atoms with Crippen LogP contribution in [0.25, 0.3) is 0 Å². The van der Waals surface area contributed by atoms with Crippen LogP contribution in [-0.4, -0.2) is 68.4 Å². The van der Waals surface area contributed by atoms with E-state index in [0.717, 1.165) is 13.1 Å². The molecular formula is C18H29Cl2N5O3. The first-order chi connectivity index (χ1) is 12.6. The molecule has 0 radical (unpaired) electrons. The Bertz CT molecular complexity index is 610. The Kier molecular flexibility index (Phi) is 13.0. The molecule has 0 atom stereocenters. The molecular weight excluding hydrogens is 405 g/mol. The Morgan fingerprint density at radius 2 is 1.57 bits per heavy atom. The van der Waals surface area contributed by atoms with Crippen molar-refractivity contribution in [3.63, 3.8) is 0 Å². The second kappa shape index (κ2) is 14.0. The van der Waals surface area contributed by atoms with Gasteiger partial charge in [0.2, 0.25) is 17.7 Å². The van der Waals surface area contributed by atoms with Gasteiger partial charge in [-0.1, -0.05) is 18.2 Å². The summed E-state index contributed by atoms with van der Waals surface area (Å²) in [5, 5.41) is 5.07. The van der Waals surface area contributed by atoms with Gasteiger partial charge < -0.3 is 26.2 Å². The average Bonchev–Trinajstić information content (AvgIpc) is 2.70. The molecule has 0 bridgehead atoms. The first-order valence-corrected chi connectivity index (χ1v) is 8.91. The largest absolute Gasteiger partial charge is 0.368 e. The summed E-state index contributed by atoms with van der Waals surface area (Å²) in [6.45, 7) is 3.26. The molecule has 1 heterocycles. The Morgan fingerprint density at radius 1 is 0.929 bits per heavy atom. The summed E-state index contributed by atoms with van der Waals surface area (Å²) in [5.74, 6) is -0.538. The lowest BCUT2D eigenvalue weighted by atomic mass is 10.2. The molecule has 1 aromatic rings.